The van der Waals surface area contributed by atoms with Gasteiger partial charge < -0.3 is 10.6 Å². The number of halogens is 1. The first-order valence-electron chi connectivity index (χ1n) is 7.30. The number of nitrogens with zero attached hydrogens (tertiary/aromatic N) is 1. The van der Waals surface area contributed by atoms with Crippen LogP contribution in [0, 0.1) is 6.92 Å². The molecule has 120 valence electrons. The molecule has 0 saturated carbocycles. The van der Waals surface area contributed by atoms with Crippen LogP contribution in [-0.4, -0.2) is 26.1 Å². The Morgan fingerprint density at radius 1 is 1.09 bits per heavy atom. The van der Waals surface area contributed by atoms with Crippen LogP contribution in [0.1, 0.15) is 16.0 Å². The molecule has 0 aliphatic heterocycles. The van der Waals surface area contributed by atoms with Crippen LogP contribution in [0.3, 0.4) is 0 Å². The van der Waals surface area contributed by atoms with Crippen LogP contribution >= 0.6 is 35.3 Å². The molecule has 0 radical (unpaired) electrons. The number of hydrogen-bond donors (Lipinski definition) is 2. The molecule has 22 heavy (non-hydrogen) atoms. The largest absolute Gasteiger partial charge is 0.356 e. The van der Waals surface area contributed by atoms with Crippen molar-refractivity contribution in [3.63, 3.8) is 0 Å². The summed E-state index contributed by atoms with van der Waals surface area (Å²) in [6.07, 6.45) is 2.05. The molecule has 2 N–H and O–H groups in total. The molecule has 1 aromatic heterocycles. The van der Waals surface area contributed by atoms with E-state index >= 15 is 0 Å². The molecule has 0 unspecified atom stereocenters. The number of rotatable bonds is 6. The minimum Gasteiger partial charge on any atom is -0.356 e. The molecule has 0 spiro atoms. The van der Waals surface area contributed by atoms with Crippen LogP contribution in [0.4, 0.5) is 0 Å². The predicted molar refractivity (Wildman–Crippen MR) is 108 cm³/mol. The van der Waals surface area contributed by atoms with Crippen molar-refractivity contribution in [3.05, 3.63) is 57.8 Å². The molecule has 0 saturated heterocycles. The lowest BCUT2D eigenvalue weighted by Gasteiger charge is -2.11. The van der Waals surface area contributed by atoms with E-state index in [4.69, 9.17) is 0 Å². The maximum atomic E-state index is 4.25. The third kappa shape index (κ3) is 6.79. The number of nitrogens with one attached hydrogen (secondary N) is 2. The first-order valence-corrected chi connectivity index (χ1v) is 8.18. The molecule has 3 nitrogen and oxygen atoms in total. The summed E-state index contributed by atoms with van der Waals surface area (Å²) < 4.78 is 0. The van der Waals surface area contributed by atoms with Gasteiger partial charge in [-0.25, -0.2) is 0 Å². The number of benzene rings is 1. The second-order valence-corrected chi connectivity index (χ2v) is 6.03. The second-order valence-electron chi connectivity index (χ2n) is 4.99. The van der Waals surface area contributed by atoms with E-state index in [1.165, 1.54) is 16.0 Å². The summed E-state index contributed by atoms with van der Waals surface area (Å²) in [4.78, 5) is 5.65. The monoisotopic (exact) mass is 429 g/mol. The zero-order valence-corrected chi connectivity index (χ0v) is 16.3. The van der Waals surface area contributed by atoms with Crippen LogP contribution in [0.5, 0.6) is 0 Å². The Hall–Kier alpha value is -1.08. The highest BCUT2D eigenvalue weighted by atomic mass is 127. The van der Waals surface area contributed by atoms with Gasteiger partial charge in [0.2, 0.25) is 0 Å². The smallest absolute Gasteiger partial charge is 0.190 e. The Bertz CT molecular complexity index is 567. The standard InChI is InChI=1S/C17H23N3S.HI/c1-14-5-3-6-15(13-14)8-10-19-17(18-2)20-11-9-16-7-4-12-21-16;/h3-7,12-13H,8-11H2,1-2H3,(H2,18,19,20);1H. The number of aliphatic imine (C=N–C) groups is 1. The summed E-state index contributed by atoms with van der Waals surface area (Å²) in [6, 6.07) is 12.9. The lowest BCUT2D eigenvalue weighted by Crippen LogP contribution is -2.39. The number of thiophene rings is 1. The first-order chi connectivity index (χ1) is 10.3. The third-order valence-corrected chi connectivity index (χ3v) is 4.19. The highest BCUT2D eigenvalue weighted by Gasteiger charge is 1.99. The number of aryl methyl sites for hydroxylation is 1. The van der Waals surface area contributed by atoms with Crippen molar-refractivity contribution in [1.29, 1.82) is 0 Å². The van der Waals surface area contributed by atoms with Crippen molar-refractivity contribution in [3.8, 4) is 0 Å². The van der Waals surface area contributed by atoms with Gasteiger partial charge in [-0.05, 0) is 36.8 Å². The highest BCUT2D eigenvalue weighted by molar-refractivity contribution is 14.0. The molecule has 5 heteroatoms. The van der Waals surface area contributed by atoms with E-state index < -0.39 is 0 Å². The minimum atomic E-state index is 0. The molecule has 0 aliphatic carbocycles. The molecule has 0 bridgehead atoms. The Morgan fingerprint density at radius 2 is 1.86 bits per heavy atom. The van der Waals surface area contributed by atoms with E-state index in [2.05, 4.69) is 64.3 Å². The molecule has 0 fully saturated rings. The van der Waals surface area contributed by atoms with Crippen LogP contribution in [0.2, 0.25) is 0 Å². The van der Waals surface area contributed by atoms with Crippen molar-refractivity contribution in [2.45, 2.75) is 19.8 Å². The summed E-state index contributed by atoms with van der Waals surface area (Å²) in [5, 5.41) is 8.83. The summed E-state index contributed by atoms with van der Waals surface area (Å²) in [7, 11) is 1.81. The van der Waals surface area contributed by atoms with E-state index in [1.807, 2.05) is 7.05 Å². The topological polar surface area (TPSA) is 36.4 Å². The quantitative estimate of drug-likeness (QED) is 0.418. The van der Waals surface area contributed by atoms with Crippen LogP contribution in [0.15, 0.2) is 46.8 Å². The minimum absolute atomic E-state index is 0. The van der Waals surface area contributed by atoms with Gasteiger partial charge in [0.15, 0.2) is 5.96 Å². The van der Waals surface area contributed by atoms with Gasteiger partial charge in [0.25, 0.3) is 0 Å². The van der Waals surface area contributed by atoms with Crippen molar-refractivity contribution < 1.29 is 0 Å². The van der Waals surface area contributed by atoms with Gasteiger partial charge in [-0.15, -0.1) is 35.3 Å². The maximum absolute atomic E-state index is 4.25. The van der Waals surface area contributed by atoms with Gasteiger partial charge in [-0.3, -0.25) is 4.99 Å². The Morgan fingerprint density at radius 3 is 2.50 bits per heavy atom. The molecule has 2 rings (SSSR count). The van der Waals surface area contributed by atoms with Gasteiger partial charge >= 0.3 is 0 Å². The van der Waals surface area contributed by atoms with Crippen LogP contribution in [-0.2, 0) is 12.8 Å². The third-order valence-electron chi connectivity index (χ3n) is 3.26. The van der Waals surface area contributed by atoms with Crippen molar-refractivity contribution in [1.82, 2.24) is 10.6 Å². The molecule has 0 atom stereocenters. The summed E-state index contributed by atoms with van der Waals surface area (Å²) >= 11 is 1.80. The Labute approximate surface area is 154 Å². The molecule has 0 aliphatic rings. The molecule has 2 aromatic rings. The molecular formula is C17H24IN3S. The summed E-state index contributed by atoms with van der Waals surface area (Å²) in [5.74, 6) is 0.874. The average Bonchev–Trinajstić information content (AvgIpc) is 2.99. The fraction of sp³-hybridized carbons (Fsp3) is 0.353. The van der Waals surface area contributed by atoms with Gasteiger partial charge in [-0.2, -0.15) is 0 Å². The van der Waals surface area contributed by atoms with Crippen molar-refractivity contribution in [2.75, 3.05) is 20.1 Å². The predicted octanol–water partition coefficient (Wildman–Crippen LogP) is 3.62. The van der Waals surface area contributed by atoms with Gasteiger partial charge in [0.1, 0.15) is 0 Å². The zero-order valence-electron chi connectivity index (χ0n) is 13.1. The lowest BCUT2D eigenvalue weighted by atomic mass is 10.1. The van der Waals surface area contributed by atoms with Gasteiger partial charge in [-0.1, -0.05) is 35.9 Å². The highest BCUT2D eigenvalue weighted by Crippen LogP contribution is 2.08. The molecule has 1 heterocycles. The zero-order chi connectivity index (χ0) is 14.9. The van der Waals surface area contributed by atoms with E-state index in [1.54, 1.807) is 11.3 Å². The van der Waals surface area contributed by atoms with E-state index in [-0.39, 0.29) is 24.0 Å². The number of guanidine groups is 1. The number of hydrogen-bond acceptors (Lipinski definition) is 2. The fourth-order valence-corrected chi connectivity index (χ4v) is 2.88. The summed E-state index contributed by atoms with van der Waals surface area (Å²) in [6.45, 7) is 3.93. The van der Waals surface area contributed by atoms with Gasteiger partial charge in [0.05, 0.1) is 0 Å². The first kappa shape index (κ1) is 19.0. The van der Waals surface area contributed by atoms with Crippen LogP contribution in [0.25, 0.3) is 0 Å². The van der Waals surface area contributed by atoms with Crippen LogP contribution < -0.4 is 10.6 Å². The molecule has 0 amide bonds. The average molecular weight is 429 g/mol. The SMILES string of the molecule is CN=C(NCCc1cccc(C)c1)NCCc1cccs1.I. The van der Waals surface area contributed by atoms with E-state index in [0.717, 1.165) is 31.9 Å². The molecule has 1 aromatic carbocycles. The van der Waals surface area contributed by atoms with Crippen molar-refractivity contribution >= 4 is 41.3 Å². The van der Waals surface area contributed by atoms with Crippen molar-refractivity contribution in [2.24, 2.45) is 4.99 Å². The maximum Gasteiger partial charge on any atom is 0.190 e. The Kier molecular flexibility index (Phi) is 9.15. The lowest BCUT2D eigenvalue weighted by molar-refractivity contribution is 0.787. The van der Waals surface area contributed by atoms with Gasteiger partial charge in [0, 0.05) is 25.0 Å². The molecular weight excluding hydrogens is 405 g/mol. The van der Waals surface area contributed by atoms with E-state index in [9.17, 15) is 0 Å². The Balaban J connectivity index is 0.00000242. The van der Waals surface area contributed by atoms with E-state index in [0.29, 0.717) is 0 Å². The fourth-order valence-electron chi connectivity index (χ4n) is 2.17. The summed E-state index contributed by atoms with van der Waals surface area (Å²) in [5.41, 5.74) is 2.67. The second kappa shape index (κ2) is 10.6. The normalized spacial score (nSPS) is 10.9.